The molecule has 5 heteroatoms. The second kappa shape index (κ2) is 6.78. The van der Waals surface area contributed by atoms with Gasteiger partial charge in [0.2, 0.25) is 0 Å². The maximum Gasteiger partial charge on any atom is 0.137 e. The third kappa shape index (κ3) is 3.65. The first kappa shape index (κ1) is 15.6. The summed E-state index contributed by atoms with van der Waals surface area (Å²) in [5.41, 5.74) is 1.52. The maximum atomic E-state index is 13.9. The van der Waals surface area contributed by atoms with Gasteiger partial charge in [-0.05, 0) is 64.8 Å². The van der Waals surface area contributed by atoms with Crippen LogP contribution in [0.3, 0.4) is 0 Å². The standard InChI is InChI=1S/C15H13Br2F2N/c1-20-15(10-3-5-13(18)12(17)6-10)7-9-2-4-11(16)8-14(9)19/h2-6,8,15,20H,7H2,1H3. The number of hydrogen-bond donors (Lipinski definition) is 1. The van der Waals surface area contributed by atoms with Crippen LogP contribution in [0.2, 0.25) is 0 Å². The van der Waals surface area contributed by atoms with Gasteiger partial charge in [0.1, 0.15) is 11.6 Å². The lowest BCUT2D eigenvalue weighted by atomic mass is 9.98. The van der Waals surface area contributed by atoms with Gasteiger partial charge in [0.25, 0.3) is 0 Å². The molecular weight excluding hydrogens is 392 g/mol. The van der Waals surface area contributed by atoms with E-state index in [2.05, 4.69) is 37.2 Å². The second-order valence-corrected chi connectivity index (χ2v) is 6.22. The Balaban J connectivity index is 2.26. The van der Waals surface area contributed by atoms with E-state index in [1.165, 1.54) is 12.1 Å². The lowest BCUT2D eigenvalue weighted by Crippen LogP contribution is -2.19. The fourth-order valence-corrected chi connectivity index (χ4v) is 2.75. The van der Waals surface area contributed by atoms with Gasteiger partial charge in [0.15, 0.2) is 0 Å². The molecule has 1 N–H and O–H groups in total. The highest BCUT2D eigenvalue weighted by atomic mass is 79.9. The van der Waals surface area contributed by atoms with Crippen molar-refractivity contribution in [1.29, 1.82) is 0 Å². The topological polar surface area (TPSA) is 12.0 Å². The molecule has 1 atom stereocenters. The molecule has 2 aromatic rings. The molecule has 0 radical (unpaired) electrons. The predicted octanol–water partition coefficient (Wildman–Crippen LogP) is 4.99. The van der Waals surface area contributed by atoms with E-state index in [-0.39, 0.29) is 17.7 Å². The molecule has 106 valence electrons. The molecule has 0 heterocycles. The minimum absolute atomic E-state index is 0.0809. The second-order valence-electron chi connectivity index (χ2n) is 4.45. The van der Waals surface area contributed by atoms with Gasteiger partial charge in [-0.1, -0.05) is 28.1 Å². The molecule has 0 aliphatic carbocycles. The largest absolute Gasteiger partial charge is 0.313 e. The molecule has 0 bridgehead atoms. The number of benzene rings is 2. The van der Waals surface area contributed by atoms with Crippen LogP contribution in [0.25, 0.3) is 0 Å². The zero-order valence-electron chi connectivity index (χ0n) is 10.8. The van der Waals surface area contributed by atoms with Gasteiger partial charge in [0, 0.05) is 10.5 Å². The SMILES string of the molecule is CNC(Cc1ccc(Br)cc1F)c1ccc(F)c(Br)c1. The summed E-state index contributed by atoms with van der Waals surface area (Å²) in [5.74, 6) is -0.556. The number of halogens is 4. The van der Waals surface area contributed by atoms with Gasteiger partial charge < -0.3 is 5.32 Å². The normalized spacial score (nSPS) is 12.4. The highest BCUT2D eigenvalue weighted by Gasteiger charge is 2.14. The van der Waals surface area contributed by atoms with Gasteiger partial charge in [-0.25, -0.2) is 8.78 Å². The summed E-state index contributed by atoms with van der Waals surface area (Å²) in [5, 5.41) is 3.13. The molecule has 0 saturated heterocycles. The first-order valence-corrected chi connectivity index (χ1v) is 7.66. The van der Waals surface area contributed by atoms with E-state index in [1.54, 1.807) is 25.2 Å². The summed E-state index contributed by atoms with van der Waals surface area (Å²) in [6, 6.07) is 9.76. The molecule has 1 nitrogen and oxygen atoms in total. The van der Waals surface area contributed by atoms with Crippen molar-refractivity contribution in [3.63, 3.8) is 0 Å². The fourth-order valence-electron chi connectivity index (χ4n) is 2.02. The summed E-state index contributed by atoms with van der Waals surface area (Å²) in [7, 11) is 1.80. The first-order valence-electron chi connectivity index (χ1n) is 6.07. The van der Waals surface area contributed by atoms with Crippen LogP contribution < -0.4 is 5.32 Å². The predicted molar refractivity (Wildman–Crippen MR) is 83.7 cm³/mol. The Hall–Kier alpha value is -0.780. The van der Waals surface area contributed by atoms with Gasteiger partial charge in [-0.2, -0.15) is 0 Å². The zero-order chi connectivity index (χ0) is 14.7. The van der Waals surface area contributed by atoms with E-state index in [9.17, 15) is 8.78 Å². The van der Waals surface area contributed by atoms with Crippen LogP contribution in [-0.4, -0.2) is 7.05 Å². The minimum atomic E-state index is -0.307. The molecule has 0 fully saturated rings. The van der Waals surface area contributed by atoms with Crippen molar-refractivity contribution in [1.82, 2.24) is 5.32 Å². The van der Waals surface area contributed by atoms with Crippen molar-refractivity contribution in [3.05, 3.63) is 68.1 Å². The maximum absolute atomic E-state index is 13.9. The zero-order valence-corrected chi connectivity index (χ0v) is 13.9. The number of likely N-dealkylation sites (N-methyl/N-ethyl adjacent to an activating group) is 1. The molecule has 20 heavy (non-hydrogen) atoms. The quantitative estimate of drug-likeness (QED) is 0.756. The van der Waals surface area contributed by atoms with Crippen molar-refractivity contribution in [2.45, 2.75) is 12.5 Å². The Morgan fingerprint density at radius 2 is 1.80 bits per heavy atom. The summed E-state index contributed by atoms with van der Waals surface area (Å²) in [6.07, 6.45) is 0.494. The summed E-state index contributed by atoms with van der Waals surface area (Å²) >= 11 is 6.41. The van der Waals surface area contributed by atoms with Gasteiger partial charge in [-0.3, -0.25) is 0 Å². The molecule has 0 aliphatic heterocycles. The molecule has 0 amide bonds. The Morgan fingerprint density at radius 1 is 1.05 bits per heavy atom. The molecule has 0 spiro atoms. The lowest BCUT2D eigenvalue weighted by molar-refractivity contribution is 0.551. The van der Waals surface area contributed by atoms with Crippen LogP contribution >= 0.6 is 31.9 Å². The van der Waals surface area contributed by atoms with E-state index in [0.29, 0.717) is 20.9 Å². The number of hydrogen-bond acceptors (Lipinski definition) is 1. The van der Waals surface area contributed by atoms with Crippen molar-refractivity contribution in [3.8, 4) is 0 Å². The van der Waals surface area contributed by atoms with E-state index in [4.69, 9.17) is 0 Å². The van der Waals surface area contributed by atoms with Crippen LogP contribution in [0.5, 0.6) is 0 Å². The molecule has 0 aromatic heterocycles. The third-order valence-corrected chi connectivity index (χ3v) is 4.23. The molecule has 0 aliphatic rings. The Morgan fingerprint density at radius 3 is 2.40 bits per heavy atom. The molecule has 2 rings (SSSR count). The molecule has 2 aromatic carbocycles. The summed E-state index contributed by atoms with van der Waals surface area (Å²) < 4.78 is 28.3. The smallest absolute Gasteiger partial charge is 0.137 e. The van der Waals surface area contributed by atoms with Gasteiger partial charge in [-0.15, -0.1) is 0 Å². The van der Waals surface area contributed by atoms with Crippen molar-refractivity contribution in [2.75, 3.05) is 7.05 Å². The average Bonchev–Trinajstić information content (AvgIpc) is 2.41. The van der Waals surface area contributed by atoms with Crippen LogP contribution in [0.1, 0.15) is 17.2 Å². The minimum Gasteiger partial charge on any atom is -0.313 e. The average molecular weight is 405 g/mol. The molecular formula is C15H13Br2F2N. The van der Waals surface area contributed by atoms with Crippen LogP contribution in [-0.2, 0) is 6.42 Å². The summed E-state index contributed by atoms with van der Waals surface area (Å²) in [4.78, 5) is 0. The Labute approximate surface area is 133 Å². The summed E-state index contributed by atoms with van der Waals surface area (Å²) in [6.45, 7) is 0. The first-order chi connectivity index (χ1) is 9.51. The Kier molecular flexibility index (Phi) is 5.29. The van der Waals surface area contributed by atoms with Gasteiger partial charge in [0.05, 0.1) is 4.47 Å². The number of nitrogens with one attached hydrogen (secondary N) is 1. The highest BCUT2D eigenvalue weighted by molar-refractivity contribution is 9.10. The van der Waals surface area contributed by atoms with Crippen LogP contribution in [0.15, 0.2) is 45.3 Å². The van der Waals surface area contributed by atoms with Crippen LogP contribution in [0, 0.1) is 11.6 Å². The van der Waals surface area contributed by atoms with Crippen molar-refractivity contribution >= 4 is 31.9 Å². The molecule has 1 unspecified atom stereocenters. The monoisotopic (exact) mass is 403 g/mol. The van der Waals surface area contributed by atoms with Crippen LogP contribution in [0.4, 0.5) is 8.78 Å². The highest BCUT2D eigenvalue weighted by Crippen LogP contribution is 2.25. The molecule has 0 saturated carbocycles. The van der Waals surface area contributed by atoms with E-state index in [0.717, 1.165) is 5.56 Å². The van der Waals surface area contributed by atoms with Crippen molar-refractivity contribution < 1.29 is 8.78 Å². The fraction of sp³-hybridized carbons (Fsp3) is 0.200. The Bertz CT molecular complexity index is 617. The van der Waals surface area contributed by atoms with E-state index in [1.807, 2.05) is 6.07 Å². The van der Waals surface area contributed by atoms with E-state index < -0.39 is 0 Å². The van der Waals surface area contributed by atoms with E-state index >= 15 is 0 Å². The lowest BCUT2D eigenvalue weighted by Gasteiger charge is -2.18. The number of rotatable bonds is 4. The van der Waals surface area contributed by atoms with Gasteiger partial charge >= 0.3 is 0 Å². The van der Waals surface area contributed by atoms with Crippen molar-refractivity contribution in [2.24, 2.45) is 0 Å². The third-order valence-electron chi connectivity index (χ3n) is 3.13.